The summed E-state index contributed by atoms with van der Waals surface area (Å²) in [7, 11) is 1.66. The van der Waals surface area contributed by atoms with E-state index in [0.29, 0.717) is 0 Å². The Morgan fingerprint density at radius 1 is 1.50 bits per heavy atom. The van der Waals surface area contributed by atoms with Crippen molar-refractivity contribution >= 4 is 11.1 Å². The van der Waals surface area contributed by atoms with Gasteiger partial charge >= 0.3 is 0 Å². The summed E-state index contributed by atoms with van der Waals surface area (Å²) in [6.07, 6.45) is 3.34. The van der Waals surface area contributed by atoms with E-state index >= 15 is 0 Å². The molecule has 1 unspecified atom stereocenters. The number of ether oxygens (including phenoxy) is 1. The van der Waals surface area contributed by atoms with Gasteiger partial charge < -0.3 is 14.5 Å². The second-order valence-electron chi connectivity index (χ2n) is 4.84. The number of hydrogen-bond acceptors (Lipinski definition) is 4. The van der Waals surface area contributed by atoms with Gasteiger partial charge in [0, 0.05) is 12.5 Å². The molecular weight excluding hydrogens is 228 g/mol. The Balaban J connectivity index is 1.72. The number of aromatic nitrogens is 1. The smallest absolute Gasteiger partial charge is 0.195 e. The van der Waals surface area contributed by atoms with Crippen LogP contribution in [0.1, 0.15) is 18.7 Å². The highest BCUT2D eigenvalue weighted by Crippen LogP contribution is 2.23. The van der Waals surface area contributed by atoms with E-state index in [9.17, 15) is 0 Å². The lowest BCUT2D eigenvalue weighted by molar-refractivity contribution is 0.414. The van der Waals surface area contributed by atoms with E-state index in [1.54, 1.807) is 7.11 Å². The fourth-order valence-electron chi connectivity index (χ4n) is 2.47. The molecule has 2 aromatic rings. The van der Waals surface area contributed by atoms with E-state index in [1.807, 2.05) is 18.2 Å². The summed E-state index contributed by atoms with van der Waals surface area (Å²) in [5.41, 5.74) is 1.73. The van der Waals surface area contributed by atoms with Crippen LogP contribution in [0.3, 0.4) is 0 Å². The lowest BCUT2D eigenvalue weighted by Gasteiger charge is -2.04. The predicted octanol–water partition coefficient (Wildman–Crippen LogP) is 2.38. The fourth-order valence-corrected chi connectivity index (χ4v) is 2.47. The third kappa shape index (κ3) is 2.34. The number of rotatable bonds is 4. The minimum atomic E-state index is 0.773. The van der Waals surface area contributed by atoms with E-state index in [4.69, 9.17) is 9.15 Å². The third-order valence-corrected chi connectivity index (χ3v) is 3.57. The average Bonchev–Trinajstić information content (AvgIpc) is 3.04. The number of methoxy groups -OCH3 is 1. The van der Waals surface area contributed by atoms with Crippen molar-refractivity contribution in [3.8, 4) is 5.75 Å². The van der Waals surface area contributed by atoms with Crippen molar-refractivity contribution in [1.29, 1.82) is 0 Å². The molecule has 1 aliphatic rings. The van der Waals surface area contributed by atoms with Gasteiger partial charge in [0.15, 0.2) is 11.5 Å². The lowest BCUT2D eigenvalue weighted by atomic mass is 10.0. The zero-order chi connectivity index (χ0) is 12.4. The zero-order valence-electron chi connectivity index (χ0n) is 10.6. The van der Waals surface area contributed by atoms with Crippen LogP contribution in [-0.2, 0) is 6.42 Å². The molecule has 2 heterocycles. The number of oxazole rings is 1. The molecule has 96 valence electrons. The summed E-state index contributed by atoms with van der Waals surface area (Å²) in [5.74, 6) is 2.42. The van der Waals surface area contributed by atoms with Gasteiger partial charge in [-0.15, -0.1) is 0 Å². The maximum atomic E-state index is 5.76. The van der Waals surface area contributed by atoms with Gasteiger partial charge in [0.2, 0.25) is 0 Å². The first-order valence-electron chi connectivity index (χ1n) is 6.49. The molecule has 1 saturated heterocycles. The lowest BCUT2D eigenvalue weighted by Crippen LogP contribution is -2.09. The molecule has 1 N–H and O–H groups in total. The highest BCUT2D eigenvalue weighted by atomic mass is 16.5. The fraction of sp³-hybridized carbons (Fsp3) is 0.500. The topological polar surface area (TPSA) is 47.3 Å². The van der Waals surface area contributed by atoms with Crippen LogP contribution < -0.4 is 10.1 Å². The molecule has 1 fully saturated rings. The van der Waals surface area contributed by atoms with Gasteiger partial charge in [0.1, 0.15) is 11.3 Å². The van der Waals surface area contributed by atoms with Crippen molar-refractivity contribution in [3.63, 3.8) is 0 Å². The standard InChI is InChI=1S/C14H18N2O2/c1-17-11-3-4-12-13(8-11)18-14(16-12)5-2-10-6-7-15-9-10/h3-4,8,10,15H,2,5-7,9H2,1H3. The van der Waals surface area contributed by atoms with E-state index in [2.05, 4.69) is 10.3 Å². The molecule has 0 amide bonds. The molecule has 4 nitrogen and oxygen atoms in total. The van der Waals surface area contributed by atoms with Crippen LogP contribution in [0.15, 0.2) is 22.6 Å². The number of nitrogens with zero attached hydrogens (tertiary/aromatic N) is 1. The number of hydrogen-bond donors (Lipinski definition) is 1. The second-order valence-corrected chi connectivity index (χ2v) is 4.84. The van der Waals surface area contributed by atoms with E-state index < -0.39 is 0 Å². The molecule has 0 saturated carbocycles. The van der Waals surface area contributed by atoms with Crippen LogP contribution in [0.25, 0.3) is 11.1 Å². The summed E-state index contributed by atoms with van der Waals surface area (Å²) in [4.78, 5) is 4.51. The Kier molecular flexibility index (Phi) is 3.19. The van der Waals surface area contributed by atoms with Gasteiger partial charge in [-0.05, 0) is 44.0 Å². The molecule has 18 heavy (non-hydrogen) atoms. The first-order chi connectivity index (χ1) is 8.85. The molecule has 4 heteroatoms. The van der Waals surface area contributed by atoms with Crippen molar-refractivity contribution in [1.82, 2.24) is 10.3 Å². The van der Waals surface area contributed by atoms with Gasteiger partial charge in [-0.3, -0.25) is 0 Å². The zero-order valence-corrected chi connectivity index (χ0v) is 10.6. The Morgan fingerprint density at radius 3 is 3.22 bits per heavy atom. The van der Waals surface area contributed by atoms with Crippen molar-refractivity contribution in [2.45, 2.75) is 19.3 Å². The van der Waals surface area contributed by atoms with E-state index in [-0.39, 0.29) is 0 Å². The van der Waals surface area contributed by atoms with Crippen LogP contribution >= 0.6 is 0 Å². The van der Waals surface area contributed by atoms with Gasteiger partial charge in [-0.1, -0.05) is 0 Å². The first kappa shape index (κ1) is 11.5. The molecule has 0 radical (unpaired) electrons. The average molecular weight is 246 g/mol. The Hall–Kier alpha value is -1.55. The molecule has 0 aliphatic carbocycles. The SMILES string of the molecule is COc1ccc2nc(CCC3CCNC3)oc2c1. The van der Waals surface area contributed by atoms with Crippen LogP contribution in [0.4, 0.5) is 0 Å². The van der Waals surface area contributed by atoms with Gasteiger partial charge in [0.05, 0.1) is 7.11 Å². The molecule has 1 aromatic carbocycles. The van der Waals surface area contributed by atoms with E-state index in [1.165, 1.54) is 6.42 Å². The number of benzene rings is 1. The Labute approximate surface area is 106 Å². The van der Waals surface area contributed by atoms with Crippen LogP contribution in [0.5, 0.6) is 5.75 Å². The van der Waals surface area contributed by atoms with Crippen LogP contribution in [-0.4, -0.2) is 25.2 Å². The number of fused-ring (bicyclic) bond motifs is 1. The summed E-state index contributed by atoms with van der Waals surface area (Å²) in [6.45, 7) is 2.28. The van der Waals surface area contributed by atoms with Crippen LogP contribution in [0, 0.1) is 5.92 Å². The predicted molar refractivity (Wildman–Crippen MR) is 69.9 cm³/mol. The van der Waals surface area contributed by atoms with Crippen molar-refractivity contribution in [2.24, 2.45) is 5.92 Å². The third-order valence-electron chi connectivity index (χ3n) is 3.57. The maximum Gasteiger partial charge on any atom is 0.195 e. The molecule has 1 atom stereocenters. The summed E-state index contributed by atoms with van der Waals surface area (Å²) in [6, 6.07) is 5.75. The molecule has 0 bridgehead atoms. The molecule has 1 aliphatic heterocycles. The molecule has 1 aromatic heterocycles. The monoisotopic (exact) mass is 246 g/mol. The first-order valence-corrected chi connectivity index (χ1v) is 6.49. The summed E-state index contributed by atoms with van der Waals surface area (Å²) in [5, 5.41) is 3.38. The minimum absolute atomic E-state index is 0.773. The van der Waals surface area contributed by atoms with Crippen molar-refractivity contribution in [2.75, 3.05) is 20.2 Å². The van der Waals surface area contributed by atoms with Gasteiger partial charge in [0.25, 0.3) is 0 Å². The van der Waals surface area contributed by atoms with Crippen LogP contribution in [0.2, 0.25) is 0 Å². The quantitative estimate of drug-likeness (QED) is 0.899. The largest absolute Gasteiger partial charge is 0.497 e. The molecule has 0 spiro atoms. The van der Waals surface area contributed by atoms with Crippen molar-refractivity contribution in [3.05, 3.63) is 24.1 Å². The highest BCUT2D eigenvalue weighted by Gasteiger charge is 2.15. The Bertz CT molecular complexity index is 530. The second kappa shape index (κ2) is 4.98. The summed E-state index contributed by atoms with van der Waals surface area (Å²) >= 11 is 0. The molecular formula is C14H18N2O2. The Morgan fingerprint density at radius 2 is 2.44 bits per heavy atom. The molecule has 3 rings (SSSR count). The minimum Gasteiger partial charge on any atom is -0.497 e. The maximum absolute atomic E-state index is 5.76. The number of nitrogens with one attached hydrogen (secondary N) is 1. The summed E-state index contributed by atoms with van der Waals surface area (Å²) < 4.78 is 10.9. The number of aryl methyl sites for hydroxylation is 1. The van der Waals surface area contributed by atoms with Gasteiger partial charge in [-0.25, -0.2) is 4.98 Å². The van der Waals surface area contributed by atoms with Crippen molar-refractivity contribution < 1.29 is 9.15 Å². The normalized spacial score (nSPS) is 19.5. The highest BCUT2D eigenvalue weighted by molar-refractivity contribution is 5.74. The van der Waals surface area contributed by atoms with E-state index in [0.717, 1.165) is 54.6 Å². The van der Waals surface area contributed by atoms with Gasteiger partial charge in [-0.2, -0.15) is 0 Å².